The summed E-state index contributed by atoms with van der Waals surface area (Å²) in [7, 11) is 1.48. The minimum Gasteiger partial charge on any atom is -0.394 e. The van der Waals surface area contributed by atoms with Gasteiger partial charge in [0.2, 0.25) is 0 Å². The van der Waals surface area contributed by atoms with Crippen LogP contribution in [0.4, 0.5) is 0 Å². The van der Waals surface area contributed by atoms with E-state index in [0.29, 0.717) is 4.73 Å². The maximum Gasteiger partial charge on any atom is 0.329 e. The van der Waals surface area contributed by atoms with Gasteiger partial charge in [-0.3, -0.25) is 14.3 Å². The number of imidazole rings is 1. The molecular weight excluding hydrogens is 308 g/mol. The van der Waals surface area contributed by atoms with Crippen LogP contribution in [0.15, 0.2) is 14.3 Å². The lowest BCUT2D eigenvalue weighted by molar-refractivity contribution is 0.0815. The number of nitrogens with one attached hydrogen (secondary N) is 1. The first-order chi connectivity index (χ1) is 8.45. The quantitative estimate of drug-likeness (QED) is 0.599. The highest BCUT2D eigenvalue weighted by atomic mass is 79.9. The molecule has 2 aromatic heterocycles. The van der Waals surface area contributed by atoms with Crippen molar-refractivity contribution < 1.29 is 10.2 Å². The summed E-state index contributed by atoms with van der Waals surface area (Å²) in [6.45, 7) is -0.440. The lowest BCUT2D eigenvalue weighted by atomic mass is 10.3. The Balaban J connectivity index is 2.75. The van der Waals surface area contributed by atoms with E-state index in [2.05, 4.69) is 25.9 Å². The lowest BCUT2D eigenvalue weighted by Gasteiger charge is -2.09. The van der Waals surface area contributed by atoms with Gasteiger partial charge in [-0.1, -0.05) is 0 Å². The molecule has 0 aromatic carbocycles. The summed E-state index contributed by atoms with van der Waals surface area (Å²) >= 11 is 3.15. The third-order valence-corrected chi connectivity index (χ3v) is 3.17. The molecule has 0 aliphatic rings. The number of aliphatic hydroxyl groups excluding tert-OH is 2. The summed E-state index contributed by atoms with van der Waals surface area (Å²) in [5, 5.41) is 18.3. The fraction of sp³-hybridized carbons (Fsp3) is 0.444. The molecule has 0 aliphatic heterocycles. The number of fused-ring (bicyclic) bond motifs is 1. The Morgan fingerprint density at radius 3 is 2.78 bits per heavy atom. The van der Waals surface area contributed by atoms with Gasteiger partial charge in [-0.25, -0.2) is 9.78 Å². The first-order valence-corrected chi connectivity index (χ1v) is 5.89. The molecule has 1 atom stereocenters. The normalized spacial score (nSPS) is 13.1. The summed E-state index contributed by atoms with van der Waals surface area (Å²) in [5.41, 5.74) is -0.777. The van der Waals surface area contributed by atoms with E-state index in [1.807, 2.05) is 0 Å². The molecule has 0 saturated carbocycles. The van der Waals surface area contributed by atoms with E-state index in [4.69, 9.17) is 5.11 Å². The molecule has 98 valence electrons. The molecule has 0 bridgehead atoms. The van der Waals surface area contributed by atoms with Crippen molar-refractivity contribution >= 4 is 27.1 Å². The molecule has 0 spiro atoms. The first kappa shape index (κ1) is 13.0. The summed E-state index contributed by atoms with van der Waals surface area (Å²) in [4.78, 5) is 29.4. The number of hydrogen-bond acceptors (Lipinski definition) is 5. The standard InChI is InChI=1S/C9H11BrN4O4/c1-13-6-5(7(17)12-9(13)18)14(8(10)11-6)2-4(16)3-15/h4,15-16H,2-3H2,1H3,(H,12,17,18). The van der Waals surface area contributed by atoms with Gasteiger partial charge in [-0.15, -0.1) is 0 Å². The molecule has 0 fully saturated rings. The van der Waals surface area contributed by atoms with Crippen LogP contribution >= 0.6 is 15.9 Å². The highest BCUT2D eigenvalue weighted by molar-refractivity contribution is 9.10. The van der Waals surface area contributed by atoms with E-state index in [0.717, 1.165) is 0 Å². The molecule has 0 saturated heterocycles. The highest BCUT2D eigenvalue weighted by Crippen LogP contribution is 2.16. The van der Waals surface area contributed by atoms with Crippen molar-refractivity contribution in [1.82, 2.24) is 19.1 Å². The van der Waals surface area contributed by atoms with Crippen LogP contribution in [0.2, 0.25) is 0 Å². The van der Waals surface area contributed by atoms with Gasteiger partial charge >= 0.3 is 5.69 Å². The average molecular weight is 319 g/mol. The van der Waals surface area contributed by atoms with Gasteiger partial charge in [-0.05, 0) is 15.9 Å². The molecule has 8 nitrogen and oxygen atoms in total. The predicted octanol–water partition coefficient (Wildman–Crippen LogP) is -1.46. The van der Waals surface area contributed by atoms with Crippen molar-refractivity contribution in [2.75, 3.05) is 6.61 Å². The van der Waals surface area contributed by atoms with Gasteiger partial charge in [0.1, 0.15) is 0 Å². The second-order valence-corrected chi connectivity index (χ2v) is 4.53. The third kappa shape index (κ3) is 2.00. The maximum atomic E-state index is 11.8. The smallest absolute Gasteiger partial charge is 0.329 e. The Hall–Kier alpha value is -1.45. The topological polar surface area (TPSA) is 113 Å². The number of hydrogen-bond donors (Lipinski definition) is 3. The number of halogens is 1. The molecule has 9 heteroatoms. The van der Waals surface area contributed by atoms with E-state index in [9.17, 15) is 14.7 Å². The number of aliphatic hydroxyl groups is 2. The van der Waals surface area contributed by atoms with E-state index >= 15 is 0 Å². The molecule has 0 radical (unpaired) electrons. The largest absolute Gasteiger partial charge is 0.394 e. The maximum absolute atomic E-state index is 11.8. The average Bonchev–Trinajstić information content (AvgIpc) is 2.64. The van der Waals surface area contributed by atoms with Crippen molar-refractivity contribution in [3.05, 3.63) is 25.6 Å². The Bertz CT molecular complexity index is 701. The minimum atomic E-state index is -1.02. The van der Waals surface area contributed by atoms with Crippen LogP contribution in [0, 0.1) is 0 Å². The van der Waals surface area contributed by atoms with Crippen LogP contribution in [0.1, 0.15) is 0 Å². The van der Waals surface area contributed by atoms with Gasteiger partial charge < -0.3 is 14.8 Å². The summed E-state index contributed by atoms with van der Waals surface area (Å²) in [6.07, 6.45) is -1.02. The number of rotatable bonds is 3. The van der Waals surface area contributed by atoms with E-state index in [1.165, 1.54) is 16.2 Å². The molecule has 2 heterocycles. The van der Waals surface area contributed by atoms with Gasteiger partial charge in [-0.2, -0.15) is 0 Å². The van der Waals surface area contributed by atoms with Crippen molar-refractivity contribution in [1.29, 1.82) is 0 Å². The van der Waals surface area contributed by atoms with Crippen molar-refractivity contribution in [3.8, 4) is 0 Å². The number of H-pyrrole nitrogens is 1. The first-order valence-electron chi connectivity index (χ1n) is 5.09. The molecule has 18 heavy (non-hydrogen) atoms. The molecule has 1 unspecified atom stereocenters. The van der Waals surface area contributed by atoms with Crippen molar-refractivity contribution in [2.24, 2.45) is 7.05 Å². The molecular formula is C9H11BrN4O4. The van der Waals surface area contributed by atoms with Crippen LogP contribution in [0.25, 0.3) is 11.2 Å². The Kier molecular flexibility index (Phi) is 3.37. The third-order valence-electron chi connectivity index (χ3n) is 2.56. The Morgan fingerprint density at radius 1 is 1.50 bits per heavy atom. The fourth-order valence-corrected chi connectivity index (χ4v) is 2.13. The number of aromatic amines is 1. The fourth-order valence-electron chi connectivity index (χ4n) is 1.64. The van der Waals surface area contributed by atoms with Crippen LogP contribution in [-0.4, -0.2) is 42.0 Å². The summed E-state index contributed by atoms with van der Waals surface area (Å²) in [6, 6.07) is 0. The lowest BCUT2D eigenvalue weighted by Crippen LogP contribution is -2.30. The van der Waals surface area contributed by atoms with Crippen LogP contribution in [0.3, 0.4) is 0 Å². The number of aryl methyl sites for hydroxylation is 1. The van der Waals surface area contributed by atoms with Crippen LogP contribution < -0.4 is 11.2 Å². The van der Waals surface area contributed by atoms with Gasteiger partial charge in [0.05, 0.1) is 19.3 Å². The summed E-state index contributed by atoms with van der Waals surface area (Å²) < 4.78 is 2.90. The van der Waals surface area contributed by atoms with E-state index in [-0.39, 0.29) is 17.7 Å². The molecule has 2 aromatic rings. The van der Waals surface area contributed by atoms with Crippen molar-refractivity contribution in [3.63, 3.8) is 0 Å². The second kappa shape index (κ2) is 4.67. The summed E-state index contributed by atoms with van der Waals surface area (Å²) in [5.74, 6) is 0. The molecule has 0 amide bonds. The number of aromatic nitrogens is 4. The van der Waals surface area contributed by atoms with Crippen molar-refractivity contribution in [2.45, 2.75) is 12.6 Å². The molecule has 2 rings (SSSR count). The Labute approximate surface area is 109 Å². The van der Waals surface area contributed by atoms with Gasteiger partial charge in [0.15, 0.2) is 15.9 Å². The van der Waals surface area contributed by atoms with Gasteiger partial charge in [0.25, 0.3) is 5.56 Å². The molecule has 3 N–H and O–H groups in total. The molecule has 0 aliphatic carbocycles. The minimum absolute atomic E-state index is 0.00509. The number of nitrogens with zero attached hydrogens (tertiary/aromatic N) is 3. The highest BCUT2D eigenvalue weighted by Gasteiger charge is 2.17. The second-order valence-electron chi connectivity index (χ2n) is 3.82. The predicted molar refractivity (Wildman–Crippen MR) is 66.4 cm³/mol. The SMILES string of the molecule is Cn1c(=O)[nH]c(=O)c2c1nc(Br)n2CC(O)CO. The van der Waals surface area contributed by atoms with E-state index in [1.54, 1.807) is 0 Å². The van der Waals surface area contributed by atoms with Crippen LogP contribution in [-0.2, 0) is 13.6 Å². The van der Waals surface area contributed by atoms with Crippen LogP contribution in [0.5, 0.6) is 0 Å². The zero-order chi connectivity index (χ0) is 13.4. The monoisotopic (exact) mass is 318 g/mol. The zero-order valence-electron chi connectivity index (χ0n) is 9.42. The van der Waals surface area contributed by atoms with E-state index < -0.39 is 24.0 Å². The Morgan fingerprint density at radius 2 is 2.17 bits per heavy atom. The van der Waals surface area contributed by atoms with Gasteiger partial charge in [0, 0.05) is 7.05 Å². The zero-order valence-corrected chi connectivity index (χ0v) is 11.0.